The third-order valence-electron chi connectivity index (χ3n) is 6.06. The maximum Gasteiger partial charge on any atom is 0.278 e. The number of aromatic nitrogens is 1. The largest absolute Gasteiger partial charge is 0.278 e. The minimum absolute atomic E-state index is 0.0366. The standard InChI is InChI=1S/C26H24N4O2S/c31-30(32)24-16-7-5-10-20(24)17-27-29-25(18-33-26(29)28-21-12-2-1-3-13-21)23-15-8-11-19-9-4-6-14-22(19)23/h4-11,14-18,21H,1-3,12-13H2. The van der Waals surface area contributed by atoms with Crippen LogP contribution in [0.5, 0.6) is 0 Å². The number of hydrogen-bond donors (Lipinski definition) is 0. The molecule has 1 saturated carbocycles. The molecular formula is C26H24N4O2S. The Morgan fingerprint density at radius 3 is 2.58 bits per heavy atom. The van der Waals surface area contributed by atoms with Crippen LogP contribution in [0.15, 0.2) is 82.2 Å². The molecule has 0 aliphatic heterocycles. The van der Waals surface area contributed by atoms with Gasteiger partial charge < -0.3 is 0 Å². The summed E-state index contributed by atoms with van der Waals surface area (Å²) in [4.78, 5) is 17.0. The Labute approximate surface area is 195 Å². The van der Waals surface area contributed by atoms with Gasteiger partial charge in [0.1, 0.15) is 0 Å². The predicted octanol–water partition coefficient (Wildman–Crippen LogP) is 6.39. The Morgan fingerprint density at radius 1 is 0.970 bits per heavy atom. The van der Waals surface area contributed by atoms with Crippen LogP contribution in [-0.4, -0.2) is 21.9 Å². The third-order valence-corrected chi connectivity index (χ3v) is 6.89. The number of rotatable bonds is 5. The predicted molar refractivity (Wildman–Crippen MR) is 134 cm³/mol. The van der Waals surface area contributed by atoms with Gasteiger partial charge in [0.15, 0.2) is 0 Å². The summed E-state index contributed by atoms with van der Waals surface area (Å²) in [5.74, 6) is 0. The highest BCUT2D eigenvalue weighted by molar-refractivity contribution is 7.07. The zero-order chi connectivity index (χ0) is 22.6. The van der Waals surface area contributed by atoms with Crippen LogP contribution in [0.4, 0.5) is 5.69 Å². The molecule has 1 aromatic heterocycles. The quantitative estimate of drug-likeness (QED) is 0.198. The molecule has 1 heterocycles. The van der Waals surface area contributed by atoms with Gasteiger partial charge in [-0.05, 0) is 29.7 Å². The molecule has 6 nitrogen and oxygen atoms in total. The highest BCUT2D eigenvalue weighted by Crippen LogP contribution is 2.29. The van der Waals surface area contributed by atoms with Crippen LogP contribution in [0, 0.1) is 10.1 Å². The van der Waals surface area contributed by atoms with Gasteiger partial charge in [-0.25, -0.2) is 4.68 Å². The molecule has 0 amide bonds. The summed E-state index contributed by atoms with van der Waals surface area (Å²) in [6.07, 6.45) is 7.43. The molecule has 166 valence electrons. The lowest BCUT2D eigenvalue weighted by Crippen LogP contribution is -2.19. The monoisotopic (exact) mass is 456 g/mol. The van der Waals surface area contributed by atoms with Crippen molar-refractivity contribution in [3.63, 3.8) is 0 Å². The second-order valence-electron chi connectivity index (χ2n) is 8.22. The number of nitrogens with zero attached hydrogens (tertiary/aromatic N) is 4. The SMILES string of the molecule is O=[N+]([O-])c1ccccc1C=Nn1c(-c2cccc3ccccc23)csc1=NC1CCCCC1. The minimum Gasteiger partial charge on any atom is -0.258 e. The normalized spacial score (nSPS) is 15.5. The van der Waals surface area contributed by atoms with E-state index in [0.717, 1.165) is 39.7 Å². The first kappa shape index (κ1) is 21.3. The maximum absolute atomic E-state index is 11.5. The Balaban J connectivity index is 1.66. The first-order valence-electron chi connectivity index (χ1n) is 11.2. The topological polar surface area (TPSA) is 72.8 Å². The van der Waals surface area contributed by atoms with Crippen LogP contribution in [-0.2, 0) is 0 Å². The van der Waals surface area contributed by atoms with Crippen molar-refractivity contribution in [2.24, 2.45) is 10.1 Å². The maximum atomic E-state index is 11.5. The molecule has 0 unspecified atom stereocenters. The third kappa shape index (κ3) is 4.50. The molecule has 5 rings (SSSR count). The number of nitro benzene ring substituents is 1. The zero-order valence-electron chi connectivity index (χ0n) is 18.1. The average molecular weight is 457 g/mol. The number of nitro groups is 1. The highest BCUT2D eigenvalue weighted by Gasteiger charge is 2.16. The van der Waals surface area contributed by atoms with Crippen molar-refractivity contribution in [1.29, 1.82) is 0 Å². The molecular weight excluding hydrogens is 432 g/mol. The van der Waals surface area contributed by atoms with Crippen LogP contribution in [0.25, 0.3) is 22.0 Å². The van der Waals surface area contributed by atoms with E-state index in [0.29, 0.717) is 11.6 Å². The first-order valence-corrected chi connectivity index (χ1v) is 12.1. The summed E-state index contributed by atoms with van der Waals surface area (Å²) in [5, 5.41) is 20.6. The molecule has 33 heavy (non-hydrogen) atoms. The molecule has 1 fully saturated rings. The van der Waals surface area contributed by atoms with Gasteiger partial charge in [-0.3, -0.25) is 15.1 Å². The van der Waals surface area contributed by atoms with Gasteiger partial charge in [-0.15, -0.1) is 11.3 Å². The molecule has 1 aliphatic rings. The van der Waals surface area contributed by atoms with Crippen LogP contribution in [0.3, 0.4) is 0 Å². The van der Waals surface area contributed by atoms with E-state index >= 15 is 0 Å². The smallest absolute Gasteiger partial charge is 0.258 e. The minimum atomic E-state index is -0.376. The van der Waals surface area contributed by atoms with E-state index in [1.54, 1.807) is 35.8 Å². The summed E-state index contributed by atoms with van der Waals surface area (Å²) in [5.41, 5.74) is 2.50. The fourth-order valence-electron chi connectivity index (χ4n) is 4.38. The van der Waals surface area contributed by atoms with Crippen molar-refractivity contribution in [2.45, 2.75) is 38.1 Å². The summed E-state index contributed by atoms with van der Waals surface area (Å²) in [6.45, 7) is 0. The summed E-state index contributed by atoms with van der Waals surface area (Å²) in [7, 11) is 0. The number of fused-ring (bicyclic) bond motifs is 1. The van der Waals surface area contributed by atoms with Gasteiger partial charge in [0, 0.05) is 17.0 Å². The van der Waals surface area contributed by atoms with Crippen LogP contribution < -0.4 is 4.80 Å². The zero-order valence-corrected chi connectivity index (χ0v) is 18.9. The lowest BCUT2D eigenvalue weighted by molar-refractivity contribution is -0.385. The Hall–Kier alpha value is -3.58. The first-order chi connectivity index (χ1) is 16.2. The van der Waals surface area contributed by atoms with Crippen molar-refractivity contribution < 1.29 is 4.92 Å². The molecule has 0 atom stereocenters. The van der Waals surface area contributed by atoms with E-state index < -0.39 is 0 Å². The van der Waals surface area contributed by atoms with E-state index in [1.807, 2.05) is 22.9 Å². The second-order valence-corrected chi connectivity index (χ2v) is 9.06. The Morgan fingerprint density at radius 2 is 1.73 bits per heavy atom. The van der Waals surface area contributed by atoms with Crippen molar-refractivity contribution in [3.05, 3.63) is 92.6 Å². The number of thiazole rings is 1. The Kier molecular flexibility index (Phi) is 6.13. The van der Waals surface area contributed by atoms with Gasteiger partial charge in [-0.2, -0.15) is 5.10 Å². The van der Waals surface area contributed by atoms with Crippen molar-refractivity contribution >= 4 is 34.0 Å². The summed E-state index contributed by atoms with van der Waals surface area (Å²) >= 11 is 1.57. The lowest BCUT2D eigenvalue weighted by Gasteiger charge is -2.16. The van der Waals surface area contributed by atoms with E-state index in [9.17, 15) is 10.1 Å². The highest BCUT2D eigenvalue weighted by atomic mass is 32.1. The number of para-hydroxylation sites is 1. The fourth-order valence-corrected chi connectivity index (χ4v) is 5.28. The van der Waals surface area contributed by atoms with E-state index in [2.05, 4.69) is 29.6 Å². The van der Waals surface area contributed by atoms with Crippen LogP contribution in [0.2, 0.25) is 0 Å². The number of benzene rings is 3. The molecule has 4 aromatic rings. The molecule has 0 radical (unpaired) electrons. The molecule has 0 saturated heterocycles. The lowest BCUT2D eigenvalue weighted by atomic mass is 9.96. The van der Waals surface area contributed by atoms with Gasteiger partial charge in [0.25, 0.3) is 5.69 Å². The number of hydrogen-bond acceptors (Lipinski definition) is 5. The van der Waals surface area contributed by atoms with Gasteiger partial charge in [0.2, 0.25) is 4.80 Å². The van der Waals surface area contributed by atoms with Gasteiger partial charge in [0.05, 0.1) is 28.4 Å². The average Bonchev–Trinajstić information content (AvgIpc) is 3.25. The van der Waals surface area contributed by atoms with Crippen LogP contribution in [0.1, 0.15) is 37.7 Å². The van der Waals surface area contributed by atoms with E-state index in [-0.39, 0.29) is 10.6 Å². The van der Waals surface area contributed by atoms with E-state index in [4.69, 9.17) is 10.1 Å². The van der Waals surface area contributed by atoms with Gasteiger partial charge in [-0.1, -0.05) is 73.9 Å². The molecule has 0 spiro atoms. The molecule has 3 aromatic carbocycles. The van der Waals surface area contributed by atoms with Crippen molar-refractivity contribution in [3.8, 4) is 11.3 Å². The van der Waals surface area contributed by atoms with Crippen molar-refractivity contribution in [2.75, 3.05) is 0 Å². The second kappa shape index (κ2) is 9.50. The summed E-state index contributed by atoms with van der Waals surface area (Å²) < 4.78 is 1.85. The molecule has 0 bridgehead atoms. The summed E-state index contributed by atoms with van der Waals surface area (Å²) in [6, 6.07) is 21.5. The molecule has 0 N–H and O–H groups in total. The van der Waals surface area contributed by atoms with E-state index in [1.165, 1.54) is 25.3 Å². The van der Waals surface area contributed by atoms with Gasteiger partial charge >= 0.3 is 0 Å². The Bertz CT molecular complexity index is 1390. The fraction of sp³-hybridized carbons (Fsp3) is 0.231. The molecule has 1 aliphatic carbocycles. The molecule has 7 heteroatoms. The van der Waals surface area contributed by atoms with Crippen LogP contribution >= 0.6 is 11.3 Å². The van der Waals surface area contributed by atoms with Crippen molar-refractivity contribution in [1.82, 2.24) is 4.68 Å².